The van der Waals surface area contributed by atoms with Crippen molar-refractivity contribution in [3.63, 3.8) is 0 Å². The van der Waals surface area contributed by atoms with E-state index in [0.717, 1.165) is 35.4 Å². The van der Waals surface area contributed by atoms with Gasteiger partial charge in [-0.1, -0.05) is 35.0 Å². The molecule has 0 amide bonds. The largest absolute Gasteiger partial charge is 0.384 e. The number of nitrogens with one attached hydrogen (secondary N) is 1. The van der Waals surface area contributed by atoms with Gasteiger partial charge in [0.2, 0.25) is 0 Å². The van der Waals surface area contributed by atoms with E-state index in [1.165, 1.54) is 5.56 Å². The molecule has 0 radical (unpaired) electrons. The summed E-state index contributed by atoms with van der Waals surface area (Å²) in [6.45, 7) is 3.99. The summed E-state index contributed by atoms with van der Waals surface area (Å²) >= 11 is 3.51. The molecule has 2 rings (SSSR count). The van der Waals surface area contributed by atoms with Crippen LogP contribution >= 0.6 is 15.9 Å². The topological polar surface area (TPSA) is 28.2 Å². The maximum Gasteiger partial charge on any atom is 0.0573 e. The van der Waals surface area contributed by atoms with E-state index >= 15 is 0 Å². The molecule has 1 heterocycles. The lowest BCUT2D eigenvalue weighted by Crippen LogP contribution is -2.16. The minimum Gasteiger partial charge on any atom is -0.384 e. The second-order valence-electron chi connectivity index (χ2n) is 4.84. The third-order valence-electron chi connectivity index (χ3n) is 3.05. The Hall–Kier alpha value is -1.55. The molecule has 4 heteroatoms. The van der Waals surface area contributed by atoms with Crippen molar-refractivity contribution >= 4 is 27.3 Å². The normalized spacial score (nSPS) is 10.3. The standard InChI is InChI=1S/C16H20BrN3/c1-3-7-19-15-9-16(11-18-10-15)20(2)12-13-5-4-6-14(17)8-13/h4-6,8-11,19H,3,7,12H2,1-2H3. The lowest BCUT2D eigenvalue weighted by Gasteiger charge is -2.20. The molecule has 0 aliphatic rings. The summed E-state index contributed by atoms with van der Waals surface area (Å²) in [5.74, 6) is 0. The Morgan fingerprint density at radius 2 is 2.10 bits per heavy atom. The first kappa shape index (κ1) is 14.9. The van der Waals surface area contributed by atoms with E-state index in [1.807, 2.05) is 18.5 Å². The van der Waals surface area contributed by atoms with Crippen molar-refractivity contribution in [3.05, 3.63) is 52.8 Å². The van der Waals surface area contributed by atoms with E-state index < -0.39 is 0 Å². The highest BCUT2D eigenvalue weighted by atomic mass is 79.9. The van der Waals surface area contributed by atoms with Crippen molar-refractivity contribution in [2.24, 2.45) is 0 Å². The number of rotatable bonds is 6. The molecule has 0 bridgehead atoms. The van der Waals surface area contributed by atoms with Crippen molar-refractivity contribution in [1.29, 1.82) is 0 Å². The highest BCUT2D eigenvalue weighted by Crippen LogP contribution is 2.20. The van der Waals surface area contributed by atoms with Gasteiger partial charge >= 0.3 is 0 Å². The van der Waals surface area contributed by atoms with Crippen LogP contribution in [0.25, 0.3) is 0 Å². The third-order valence-corrected chi connectivity index (χ3v) is 3.55. The number of nitrogens with zero attached hydrogens (tertiary/aromatic N) is 2. The van der Waals surface area contributed by atoms with E-state index in [-0.39, 0.29) is 0 Å². The lowest BCUT2D eigenvalue weighted by molar-refractivity contribution is 0.915. The summed E-state index contributed by atoms with van der Waals surface area (Å²) in [5.41, 5.74) is 3.46. The van der Waals surface area contributed by atoms with Gasteiger partial charge in [-0.2, -0.15) is 0 Å². The molecule has 1 aromatic heterocycles. The summed E-state index contributed by atoms with van der Waals surface area (Å²) in [5, 5.41) is 3.37. The number of pyridine rings is 1. The van der Waals surface area contributed by atoms with Crippen LogP contribution in [-0.4, -0.2) is 18.6 Å². The van der Waals surface area contributed by atoms with Gasteiger partial charge < -0.3 is 10.2 Å². The number of anilines is 2. The molecule has 1 aromatic carbocycles. The van der Waals surface area contributed by atoms with E-state index in [2.05, 4.69) is 69.4 Å². The zero-order valence-electron chi connectivity index (χ0n) is 11.9. The predicted molar refractivity (Wildman–Crippen MR) is 89.3 cm³/mol. The van der Waals surface area contributed by atoms with Crippen LogP contribution < -0.4 is 10.2 Å². The molecule has 0 aliphatic carbocycles. The van der Waals surface area contributed by atoms with E-state index in [1.54, 1.807) is 0 Å². The fraction of sp³-hybridized carbons (Fsp3) is 0.312. The van der Waals surface area contributed by atoms with E-state index in [4.69, 9.17) is 0 Å². The molecular weight excluding hydrogens is 314 g/mol. The maximum absolute atomic E-state index is 4.30. The molecule has 106 valence electrons. The Balaban J connectivity index is 2.06. The number of hydrogen-bond acceptors (Lipinski definition) is 3. The number of benzene rings is 1. The highest BCUT2D eigenvalue weighted by molar-refractivity contribution is 9.10. The zero-order valence-corrected chi connectivity index (χ0v) is 13.5. The van der Waals surface area contributed by atoms with Gasteiger partial charge in [-0.3, -0.25) is 4.98 Å². The Morgan fingerprint density at radius 1 is 1.25 bits per heavy atom. The van der Waals surface area contributed by atoms with Crippen molar-refractivity contribution in [2.75, 3.05) is 23.8 Å². The molecule has 0 saturated heterocycles. The smallest absolute Gasteiger partial charge is 0.0573 e. The predicted octanol–water partition coefficient (Wildman–Crippen LogP) is 4.30. The summed E-state index contributed by atoms with van der Waals surface area (Å²) in [6.07, 6.45) is 4.87. The Morgan fingerprint density at radius 3 is 2.85 bits per heavy atom. The van der Waals surface area contributed by atoms with Crippen LogP contribution in [0.4, 0.5) is 11.4 Å². The molecule has 2 aromatic rings. The summed E-state index contributed by atoms with van der Waals surface area (Å²) in [7, 11) is 2.08. The van der Waals surface area contributed by atoms with Gasteiger partial charge in [0.15, 0.2) is 0 Å². The van der Waals surface area contributed by atoms with Crippen LogP contribution in [0.1, 0.15) is 18.9 Å². The first-order chi connectivity index (χ1) is 9.69. The van der Waals surface area contributed by atoms with Crippen molar-refractivity contribution in [1.82, 2.24) is 4.98 Å². The molecule has 0 saturated carbocycles. The van der Waals surface area contributed by atoms with Gasteiger partial charge in [0, 0.05) is 24.6 Å². The fourth-order valence-corrected chi connectivity index (χ4v) is 2.45. The average Bonchev–Trinajstić information content (AvgIpc) is 2.45. The Labute approximate surface area is 129 Å². The molecule has 3 nitrogen and oxygen atoms in total. The lowest BCUT2D eigenvalue weighted by atomic mass is 10.2. The molecule has 0 fully saturated rings. The van der Waals surface area contributed by atoms with Gasteiger partial charge in [0.1, 0.15) is 0 Å². The molecule has 20 heavy (non-hydrogen) atoms. The van der Waals surface area contributed by atoms with Gasteiger partial charge in [-0.05, 0) is 30.2 Å². The maximum atomic E-state index is 4.30. The monoisotopic (exact) mass is 333 g/mol. The summed E-state index contributed by atoms with van der Waals surface area (Å²) in [4.78, 5) is 6.50. The van der Waals surface area contributed by atoms with Gasteiger partial charge in [0.25, 0.3) is 0 Å². The SMILES string of the molecule is CCCNc1cncc(N(C)Cc2cccc(Br)c2)c1. The van der Waals surface area contributed by atoms with Crippen LogP contribution in [0.5, 0.6) is 0 Å². The number of aromatic nitrogens is 1. The summed E-state index contributed by atoms with van der Waals surface area (Å²) < 4.78 is 1.11. The van der Waals surface area contributed by atoms with Crippen LogP contribution in [0.2, 0.25) is 0 Å². The first-order valence-corrected chi connectivity index (χ1v) is 7.63. The summed E-state index contributed by atoms with van der Waals surface area (Å²) in [6, 6.07) is 10.5. The quantitative estimate of drug-likeness (QED) is 0.854. The minimum absolute atomic E-state index is 0.859. The average molecular weight is 334 g/mol. The molecular formula is C16H20BrN3. The minimum atomic E-state index is 0.859. The third kappa shape index (κ3) is 4.23. The van der Waals surface area contributed by atoms with Crippen molar-refractivity contribution in [3.8, 4) is 0 Å². The van der Waals surface area contributed by atoms with Crippen LogP contribution in [0.15, 0.2) is 47.2 Å². The van der Waals surface area contributed by atoms with Gasteiger partial charge in [-0.25, -0.2) is 0 Å². The van der Waals surface area contributed by atoms with Gasteiger partial charge in [0.05, 0.1) is 23.8 Å². The van der Waals surface area contributed by atoms with Gasteiger partial charge in [-0.15, -0.1) is 0 Å². The Kier molecular flexibility index (Phi) is 5.41. The molecule has 1 N–H and O–H groups in total. The molecule has 0 spiro atoms. The van der Waals surface area contributed by atoms with Crippen LogP contribution in [0, 0.1) is 0 Å². The molecule has 0 aliphatic heterocycles. The number of hydrogen-bond donors (Lipinski definition) is 1. The second-order valence-corrected chi connectivity index (χ2v) is 5.76. The second kappa shape index (κ2) is 7.29. The Bertz CT molecular complexity index is 557. The highest BCUT2D eigenvalue weighted by Gasteiger charge is 2.04. The van der Waals surface area contributed by atoms with E-state index in [0.29, 0.717) is 0 Å². The molecule has 0 unspecified atom stereocenters. The van der Waals surface area contributed by atoms with Crippen molar-refractivity contribution in [2.45, 2.75) is 19.9 Å². The first-order valence-electron chi connectivity index (χ1n) is 6.83. The number of halogens is 1. The van der Waals surface area contributed by atoms with Crippen LogP contribution in [0.3, 0.4) is 0 Å². The zero-order chi connectivity index (χ0) is 14.4. The van der Waals surface area contributed by atoms with Crippen LogP contribution in [-0.2, 0) is 6.54 Å². The van der Waals surface area contributed by atoms with Crippen molar-refractivity contribution < 1.29 is 0 Å². The molecule has 0 atom stereocenters. The van der Waals surface area contributed by atoms with E-state index in [9.17, 15) is 0 Å². The fourth-order valence-electron chi connectivity index (χ4n) is 2.00.